The molecule has 0 spiro atoms. The average molecular weight is 530 g/mol. The molecule has 0 aliphatic heterocycles. The lowest BCUT2D eigenvalue weighted by Crippen LogP contribution is -2.26. The molecule has 1 heterocycles. The molecule has 0 fully saturated rings. The van der Waals surface area contributed by atoms with Crippen LogP contribution in [0.1, 0.15) is 115 Å². The van der Waals surface area contributed by atoms with E-state index in [4.69, 9.17) is 14.2 Å². The number of aromatic nitrogens is 2. The van der Waals surface area contributed by atoms with Crippen molar-refractivity contribution in [2.45, 2.75) is 123 Å². The smallest absolute Gasteiger partial charge is 0.243 e. The highest BCUT2D eigenvalue weighted by molar-refractivity contribution is 5.26. The summed E-state index contributed by atoms with van der Waals surface area (Å²) >= 11 is 0. The molecule has 0 aliphatic carbocycles. The van der Waals surface area contributed by atoms with Crippen molar-refractivity contribution in [2.24, 2.45) is 7.05 Å². The second-order valence-corrected chi connectivity index (χ2v) is 10.8. The Kier molecular flexibility index (Phi) is 19.0. The third kappa shape index (κ3) is 15.7. The van der Waals surface area contributed by atoms with Crippen LogP contribution < -0.4 is 4.57 Å². The third-order valence-corrected chi connectivity index (χ3v) is 7.20. The summed E-state index contributed by atoms with van der Waals surface area (Å²) in [5.41, 5.74) is 2.51. The van der Waals surface area contributed by atoms with E-state index in [1.165, 1.54) is 94.6 Å². The predicted molar refractivity (Wildman–Crippen MR) is 157 cm³/mol. The molecule has 1 aromatic heterocycles. The van der Waals surface area contributed by atoms with Gasteiger partial charge >= 0.3 is 0 Å². The van der Waals surface area contributed by atoms with Crippen LogP contribution >= 0.6 is 0 Å². The highest BCUT2D eigenvalue weighted by Gasteiger charge is 2.11. The van der Waals surface area contributed by atoms with Gasteiger partial charge in [0.1, 0.15) is 25.0 Å². The second-order valence-electron chi connectivity index (χ2n) is 10.8. The fourth-order valence-electron chi connectivity index (χ4n) is 4.94. The first kappa shape index (κ1) is 32.5. The van der Waals surface area contributed by atoms with E-state index in [-0.39, 0.29) is 6.10 Å². The zero-order valence-corrected chi connectivity index (χ0v) is 24.9. The largest absolute Gasteiger partial charge is 0.379 e. The van der Waals surface area contributed by atoms with Gasteiger partial charge in [-0.2, -0.15) is 0 Å². The van der Waals surface area contributed by atoms with E-state index in [1.54, 1.807) is 0 Å². The first-order valence-corrected chi connectivity index (χ1v) is 15.6. The van der Waals surface area contributed by atoms with E-state index in [2.05, 4.69) is 59.0 Å². The zero-order valence-electron chi connectivity index (χ0n) is 24.9. The molecule has 0 saturated carbocycles. The Labute approximate surface area is 233 Å². The highest BCUT2D eigenvalue weighted by Crippen LogP contribution is 2.14. The van der Waals surface area contributed by atoms with Crippen molar-refractivity contribution >= 4 is 0 Å². The molecule has 1 unspecified atom stereocenters. The van der Waals surface area contributed by atoms with Crippen LogP contribution in [0.2, 0.25) is 0 Å². The summed E-state index contributed by atoms with van der Waals surface area (Å²) in [6.45, 7) is 8.41. The summed E-state index contributed by atoms with van der Waals surface area (Å²) in [5.74, 6) is 0. The Morgan fingerprint density at radius 2 is 1.32 bits per heavy atom. The lowest BCUT2D eigenvalue weighted by Gasteiger charge is -2.18. The molecule has 5 nitrogen and oxygen atoms in total. The van der Waals surface area contributed by atoms with Crippen LogP contribution in [-0.2, 0) is 34.4 Å². The maximum atomic E-state index is 6.08. The normalized spacial score (nSPS) is 12.3. The van der Waals surface area contributed by atoms with Gasteiger partial charge in [0.15, 0.2) is 0 Å². The molecule has 1 atom stereocenters. The van der Waals surface area contributed by atoms with Gasteiger partial charge in [0.05, 0.1) is 26.9 Å². The van der Waals surface area contributed by atoms with Gasteiger partial charge in [0.2, 0.25) is 6.33 Å². The lowest BCUT2D eigenvalue weighted by molar-refractivity contribution is -0.671. The Hall–Kier alpha value is -1.69. The van der Waals surface area contributed by atoms with Crippen molar-refractivity contribution in [3.63, 3.8) is 0 Å². The van der Waals surface area contributed by atoms with E-state index >= 15 is 0 Å². The second kappa shape index (κ2) is 22.2. The third-order valence-electron chi connectivity index (χ3n) is 7.20. The first-order valence-electron chi connectivity index (χ1n) is 15.6. The number of aryl methyl sites for hydroxylation is 1. The molecular formula is C33H57N2O3+. The minimum atomic E-state index is -0.0118. The Morgan fingerprint density at radius 3 is 1.89 bits per heavy atom. The number of ether oxygens (including phenoxy) is 3. The van der Waals surface area contributed by atoms with Crippen LogP contribution in [0, 0.1) is 0 Å². The molecule has 0 bridgehead atoms. The summed E-state index contributed by atoms with van der Waals surface area (Å²) in [6.07, 6.45) is 25.5. The quantitative estimate of drug-likeness (QED) is 0.0973. The van der Waals surface area contributed by atoms with Crippen LogP contribution in [0.25, 0.3) is 0 Å². The Morgan fingerprint density at radius 1 is 0.737 bits per heavy atom. The summed E-state index contributed by atoms with van der Waals surface area (Å²) < 4.78 is 22.2. The molecule has 1 aromatic carbocycles. The van der Waals surface area contributed by atoms with Crippen LogP contribution in [0.4, 0.5) is 0 Å². The monoisotopic (exact) mass is 529 g/mol. The fraction of sp³-hybridized carbons (Fsp3) is 0.727. The van der Waals surface area contributed by atoms with Gasteiger partial charge in [-0.15, -0.1) is 0 Å². The minimum Gasteiger partial charge on any atom is -0.379 e. The average Bonchev–Trinajstić information content (AvgIpc) is 3.33. The first-order chi connectivity index (χ1) is 18.7. The summed E-state index contributed by atoms with van der Waals surface area (Å²) in [4.78, 5) is 0. The molecule has 2 rings (SSSR count). The van der Waals surface area contributed by atoms with Gasteiger partial charge in [-0.25, -0.2) is 9.13 Å². The number of unbranched alkanes of at least 4 members (excludes halogenated alkanes) is 13. The van der Waals surface area contributed by atoms with Gasteiger partial charge in [-0.05, 0) is 24.5 Å². The van der Waals surface area contributed by atoms with Crippen LogP contribution in [-0.4, -0.2) is 37.1 Å². The van der Waals surface area contributed by atoms with Crippen LogP contribution in [0.3, 0.4) is 0 Å². The highest BCUT2D eigenvalue weighted by atomic mass is 16.6. The van der Waals surface area contributed by atoms with Gasteiger partial charge in [0, 0.05) is 13.2 Å². The lowest BCUT2D eigenvalue weighted by atomic mass is 10.0. The topological polar surface area (TPSA) is 36.5 Å². The molecule has 38 heavy (non-hydrogen) atoms. The van der Waals surface area contributed by atoms with E-state index in [0.29, 0.717) is 26.4 Å². The fourth-order valence-corrected chi connectivity index (χ4v) is 4.94. The summed E-state index contributed by atoms with van der Waals surface area (Å²) in [7, 11) is 2.04. The molecule has 5 heteroatoms. The molecule has 2 aromatic rings. The van der Waals surface area contributed by atoms with Crippen molar-refractivity contribution in [2.75, 3.05) is 26.4 Å². The van der Waals surface area contributed by atoms with E-state index < -0.39 is 0 Å². The van der Waals surface area contributed by atoms with Crippen molar-refractivity contribution in [1.29, 1.82) is 0 Å². The predicted octanol–water partition coefficient (Wildman–Crippen LogP) is 7.78. The van der Waals surface area contributed by atoms with Crippen molar-refractivity contribution in [1.82, 2.24) is 4.57 Å². The summed E-state index contributed by atoms with van der Waals surface area (Å²) in [6, 6.07) is 8.51. The maximum Gasteiger partial charge on any atom is 0.243 e. The number of hydrogen-bond acceptors (Lipinski definition) is 3. The molecule has 0 aliphatic rings. The number of benzene rings is 1. The molecule has 0 amide bonds. The number of rotatable bonds is 25. The van der Waals surface area contributed by atoms with Crippen LogP contribution in [0.15, 0.2) is 43.0 Å². The molecule has 216 valence electrons. The van der Waals surface area contributed by atoms with Crippen LogP contribution in [0.5, 0.6) is 0 Å². The van der Waals surface area contributed by atoms with E-state index in [9.17, 15) is 0 Å². The van der Waals surface area contributed by atoms with Gasteiger partial charge in [-0.3, -0.25) is 0 Å². The van der Waals surface area contributed by atoms with Crippen molar-refractivity contribution < 1.29 is 18.8 Å². The van der Waals surface area contributed by atoms with Crippen molar-refractivity contribution in [3.05, 3.63) is 54.1 Å². The SMILES string of the molecule is CCCCCCCCCCCCCCCCOCC(COCc1ccccc1Cn1cc[n+](C)c1)OCC. The van der Waals surface area contributed by atoms with Gasteiger partial charge in [-0.1, -0.05) is 115 Å². The number of nitrogens with zero attached hydrogens (tertiary/aromatic N) is 2. The Balaban J connectivity index is 1.48. The number of imidazole rings is 1. The van der Waals surface area contributed by atoms with E-state index in [0.717, 1.165) is 19.6 Å². The zero-order chi connectivity index (χ0) is 27.1. The standard InChI is InChI=1S/C33H57N2O3/c1-4-6-7-8-9-10-11-12-13-14-15-16-17-20-25-36-28-33(38-5-2)29-37-27-32-22-19-18-21-31(32)26-35-24-23-34(3)30-35/h18-19,21-24,30,33H,4-17,20,25-29H2,1-3H3/q+1. The number of hydrogen-bond donors (Lipinski definition) is 0. The molecule has 0 saturated heterocycles. The molecule has 0 N–H and O–H groups in total. The minimum absolute atomic E-state index is 0.0118. The van der Waals surface area contributed by atoms with Gasteiger partial charge in [0.25, 0.3) is 0 Å². The summed E-state index contributed by atoms with van der Waals surface area (Å²) in [5, 5.41) is 0. The maximum absolute atomic E-state index is 6.08. The molecular weight excluding hydrogens is 472 g/mol. The van der Waals surface area contributed by atoms with Crippen molar-refractivity contribution in [3.8, 4) is 0 Å². The Bertz CT molecular complexity index is 807. The van der Waals surface area contributed by atoms with E-state index in [1.807, 2.05) is 14.0 Å². The molecule has 0 radical (unpaired) electrons. The van der Waals surface area contributed by atoms with Gasteiger partial charge < -0.3 is 14.2 Å².